The van der Waals surface area contributed by atoms with Crippen molar-refractivity contribution in [2.24, 2.45) is 5.92 Å². The van der Waals surface area contributed by atoms with Gasteiger partial charge in [-0.25, -0.2) is 0 Å². The van der Waals surface area contributed by atoms with Gasteiger partial charge in [-0.1, -0.05) is 74.8 Å². The molecule has 6 heteroatoms. The number of rotatable bonds is 11. The second-order valence-electron chi connectivity index (χ2n) is 7.69. The van der Waals surface area contributed by atoms with Crippen LogP contribution in [0.1, 0.15) is 38.3 Å². The first-order valence-electron chi connectivity index (χ1n) is 10.3. The van der Waals surface area contributed by atoms with Crippen LogP contribution >= 0.6 is 23.4 Å². The van der Waals surface area contributed by atoms with Crippen molar-refractivity contribution in [3.63, 3.8) is 0 Å². The Morgan fingerprint density at radius 3 is 2.30 bits per heavy atom. The van der Waals surface area contributed by atoms with Crippen LogP contribution in [0.2, 0.25) is 5.02 Å². The first-order chi connectivity index (χ1) is 14.4. The average Bonchev–Trinajstić information content (AvgIpc) is 2.74. The van der Waals surface area contributed by atoms with E-state index in [0.29, 0.717) is 36.2 Å². The van der Waals surface area contributed by atoms with E-state index in [9.17, 15) is 9.59 Å². The molecule has 1 N–H and O–H groups in total. The predicted molar refractivity (Wildman–Crippen MR) is 127 cm³/mol. The Morgan fingerprint density at radius 1 is 1.03 bits per heavy atom. The molecule has 0 saturated heterocycles. The minimum absolute atomic E-state index is 0.0237. The molecule has 0 aliphatic carbocycles. The van der Waals surface area contributed by atoms with Crippen LogP contribution < -0.4 is 5.32 Å². The van der Waals surface area contributed by atoms with E-state index in [1.807, 2.05) is 61.5 Å². The Hall–Kier alpha value is -1.98. The normalized spacial score (nSPS) is 11.9. The van der Waals surface area contributed by atoms with Gasteiger partial charge in [-0.2, -0.15) is 0 Å². The van der Waals surface area contributed by atoms with E-state index < -0.39 is 6.04 Å². The van der Waals surface area contributed by atoms with Crippen molar-refractivity contribution >= 4 is 35.2 Å². The number of nitrogens with one attached hydrogen (secondary N) is 1. The van der Waals surface area contributed by atoms with E-state index in [1.165, 1.54) is 0 Å². The van der Waals surface area contributed by atoms with Crippen molar-refractivity contribution in [3.05, 3.63) is 70.7 Å². The number of carbonyl (C=O) groups excluding carboxylic acids is 2. The van der Waals surface area contributed by atoms with Gasteiger partial charge in [-0.3, -0.25) is 9.59 Å². The number of amides is 2. The van der Waals surface area contributed by atoms with Gasteiger partial charge in [-0.05, 0) is 35.6 Å². The van der Waals surface area contributed by atoms with Crippen molar-refractivity contribution in [2.45, 2.75) is 45.5 Å². The highest BCUT2D eigenvalue weighted by atomic mass is 35.5. The van der Waals surface area contributed by atoms with Crippen LogP contribution in [-0.2, 0) is 21.9 Å². The summed E-state index contributed by atoms with van der Waals surface area (Å²) in [7, 11) is 0. The summed E-state index contributed by atoms with van der Waals surface area (Å²) in [4.78, 5) is 27.7. The molecule has 2 aromatic carbocycles. The highest BCUT2D eigenvalue weighted by Gasteiger charge is 2.28. The Kier molecular flexibility index (Phi) is 10.2. The molecule has 0 saturated carbocycles. The summed E-state index contributed by atoms with van der Waals surface area (Å²) in [5, 5.41) is 3.69. The summed E-state index contributed by atoms with van der Waals surface area (Å²) in [5.74, 6) is 1.30. The fourth-order valence-corrected chi connectivity index (χ4v) is 4.04. The van der Waals surface area contributed by atoms with Gasteiger partial charge in [0.1, 0.15) is 6.04 Å². The van der Waals surface area contributed by atoms with Crippen LogP contribution in [0.25, 0.3) is 0 Å². The van der Waals surface area contributed by atoms with Crippen molar-refractivity contribution in [2.75, 3.05) is 12.3 Å². The number of hydrogen-bond acceptors (Lipinski definition) is 3. The fourth-order valence-electron chi connectivity index (χ4n) is 3.04. The smallest absolute Gasteiger partial charge is 0.242 e. The van der Waals surface area contributed by atoms with Crippen LogP contribution in [0.5, 0.6) is 0 Å². The fraction of sp³-hybridized carbons (Fsp3) is 0.417. The zero-order valence-corrected chi connectivity index (χ0v) is 19.5. The molecule has 0 heterocycles. The maximum atomic E-state index is 13.1. The lowest BCUT2D eigenvalue weighted by atomic mass is 10.1. The summed E-state index contributed by atoms with van der Waals surface area (Å²) in [5.41, 5.74) is 2.14. The zero-order chi connectivity index (χ0) is 21.9. The molecule has 0 bridgehead atoms. The van der Waals surface area contributed by atoms with E-state index in [2.05, 4.69) is 19.2 Å². The molecule has 0 aromatic heterocycles. The molecule has 2 rings (SSSR count). The molecular weight excluding hydrogens is 416 g/mol. The standard InChI is InChI=1S/C24H31ClN2O2S/c1-4-22(24(29)26-14-18(2)3)27(15-19-8-6-5-7-9-19)23(28)17-30-16-20-10-12-21(25)13-11-20/h5-13,18,22H,4,14-17H2,1-3H3,(H,26,29)/t22-/m0/s1. The maximum absolute atomic E-state index is 13.1. The zero-order valence-electron chi connectivity index (χ0n) is 17.9. The molecule has 0 aliphatic heterocycles. The van der Waals surface area contributed by atoms with E-state index in [1.54, 1.807) is 16.7 Å². The molecule has 162 valence electrons. The molecule has 0 fully saturated rings. The Morgan fingerprint density at radius 2 is 1.70 bits per heavy atom. The van der Waals surface area contributed by atoms with E-state index in [4.69, 9.17) is 11.6 Å². The molecular formula is C24H31ClN2O2S. The second kappa shape index (κ2) is 12.7. The molecule has 0 unspecified atom stereocenters. The summed E-state index contributed by atoms with van der Waals surface area (Å²) < 4.78 is 0. The van der Waals surface area contributed by atoms with Crippen LogP contribution in [0.4, 0.5) is 0 Å². The SMILES string of the molecule is CC[C@@H](C(=O)NCC(C)C)N(Cc1ccccc1)C(=O)CSCc1ccc(Cl)cc1. The summed E-state index contributed by atoms with van der Waals surface area (Å²) in [6.45, 7) is 7.09. The number of nitrogens with zero attached hydrogens (tertiary/aromatic N) is 1. The van der Waals surface area contributed by atoms with Crippen molar-refractivity contribution in [3.8, 4) is 0 Å². The highest BCUT2D eigenvalue weighted by molar-refractivity contribution is 7.99. The van der Waals surface area contributed by atoms with E-state index in [-0.39, 0.29) is 11.8 Å². The van der Waals surface area contributed by atoms with E-state index >= 15 is 0 Å². The van der Waals surface area contributed by atoms with Crippen LogP contribution in [0, 0.1) is 5.92 Å². The van der Waals surface area contributed by atoms with E-state index in [0.717, 1.165) is 16.9 Å². The summed E-state index contributed by atoms with van der Waals surface area (Å²) >= 11 is 7.49. The van der Waals surface area contributed by atoms with Gasteiger partial charge in [0.15, 0.2) is 0 Å². The Bertz CT molecular complexity index is 797. The van der Waals surface area contributed by atoms with Gasteiger partial charge in [-0.15, -0.1) is 11.8 Å². The van der Waals surface area contributed by atoms with Gasteiger partial charge in [0.05, 0.1) is 5.75 Å². The third-order valence-electron chi connectivity index (χ3n) is 4.67. The molecule has 30 heavy (non-hydrogen) atoms. The number of benzene rings is 2. The van der Waals surface area contributed by atoms with Crippen LogP contribution in [0.15, 0.2) is 54.6 Å². The monoisotopic (exact) mass is 446 g/mol. The van der Waals surface area contributed by atoms with Gasteiger partial charge in [0.2, 0.25) is 11.8 Å². The molecule has 0 radical (unpaired) electrons. The first-order valence-corrected chi connectivity index (χ1v) is 11.9. The Labute approximate surface area is 189 Å². The summed E-state index contributed by atoms with van der Waals surface area (Å²) in [6, 6.07) is 17.0. The van der Waals surface area contributed by atoms with Crippen LogP contribution in [0.3, 0.4) is 0 Å². The highest BCUT2D eigenvalue weighted by Crippen LogP contribution is 2.18. The van der Waals surface area contributed by atoms with Crippen molar-refractivity contribution in [1.82, 2.24) is 10.2 Å². The van der Waals surface area contributed by atoms with Crippen molar-refractivity contribution in [1.29, 1.82) is 0 Å². The second-order valence-corrected chi connectivity index (χ2v) is 9.11. The number of hydrogen-bond donors (Lipinski definition) is 1. The van der Waals surface area contributed by atoms with Gasteiger partial charge >= 0.3 is 0 Å². The maximum Gasteiger partial charge on any atom is 0.242 e. The largest absolute Gasteiger partial charge is 0.354 e. The molecule has 2 aromatic rings. The van der Waals surface area contributed by atoms with Crippen molar-refractivity contribution < 1.29 is 9.59 Å². The number of halogens is 1. The minimum atomic E-state index is -0.479. The Balaban J connectivity index is 2.07. The molecule has 0 aliphatic rings. The third kappa shape index (κ3) is 8.04. The quantitative estimate of drug-likeness (QED) is 0.519. The van der Waals surface area contributed by atoms with Gasteiger partial charge in [0, 0.05) is 23.9 Å². The lowest BCUT2D eigenvalue weighted by Gasteiger charge is -2.31. The molecule has 1 atom stereocenters. The van der Waals surface area contributed by atoms with Crippen LogP contribution in [-0.4, -0.2) is 35.1 Å². The summed E-state index contributed by atoms with van der Waals surface area (Å²) in [6.07, 6.45) is 0.574. The number of thioether (sulfide) groups is 1. The van der Waals surface area contributed by atoms with Gasteiger partial charge in [0.25, 0.3) is 0 Å². The lowest BCUT2D eigenvalue weighted by Crippen LogP contribution is -2.50. The topological polar surface area (TPSA) is 49.4 Å². The number of carbonyl (C=O) groups is 2. The predicted octanol–water partition coefficient (Wildman–Crippen LogP) is 5.15. The third-order valence-corrected chi connectivity index (χ3v) is 5.91. The first kappa shape index (κ1) is 24.3. The molecule has 0 spiro atoms. The average molecular weight is 447 g/mol. The minimum Gasteiger partial charge on any atom is -0.354 e. The lowest BCUT2D eigenvalue weighted by molar-refractivity contribution is -0.139. The molecule has 2 amide bonds. The van der Waals surface area contributed by atoms with Gasteiger partial charge < -0.3 is 10.2 Å². The molecule has 4 nitrogen and oxygen atoms in total.